The van der Waals surface area contributed by atoms with Crippen molar-refractivity contribution in [3.05, 3.63) is 30.1 Å². The Morgan fingerprint density at radius 2 is 2.12 bits per heavy atom. The summed E-state index contributed by atoms with van der Waals surface area (Å²) in [6.45, 7) is 6.78. The minimum Gasteiger partial charge on any atom is -0.348 e. The summed E-state index contributed by atoms with van der Waals surface area (Å²) >= 11 is 0. The van der Waals surface area contributed by atoms with Crippen LogP contribution in [0.25, 0.3) is 0 Å². The fourth-order valence-electron chi connectivity index (χ4n) is 1.49. The van der Waals surface area contributed by atoms with Gasteiger partial charge in [-0.25, -0.2) is 0 Å². The highest BCUT2D eigenvalue weighted by molar-refractivity contribution is 5.76. The van der Waals surface area contributed by atoms with Gasteiger partial charge >= 0.3 is 0 Å². The number of nitrogens with one attached hydrogen (secondary N) is 2. The molecular weight excluding hydrogens is 214 g/mol. The molecule has 0 spiro atoms. The van der Waals surface area contributed by atoms with E-state index in [1.165, 1.54) is 0 Å². The number of hydrogen-bond donors (Lipinski definition) is 2. The van der Waals surface area contributed by atoms with Crippen LogP contribution in [-0.2, 0) is 4.79 Å². The largest absolute Gasteiger partial charge is 0.348 e. The zero-order chi connectivity index (χ0) is 12.7. The zero-order valence-electron chi connectivity index (χ0n) is 10.7. The molecule has 1 atom stereocenters. The van der Waals surface area contributed by atoms with Gasteiger partial charge in [0.25, 0.3) is 0 Å². The van der Waals surface area contributed by atoms with Crippen LogP contribution in [-0.4, -0.2) is 23.5 Å². The molecule has 4 heteroatoms. The maximum atomic E-state index is 11.6. The molecule has 17 heavy (non-hydrogen) atoms. The highest BCUT2D eigenvalue weighted by Gasteiger charge is 2.09. The molecule has 94 valence electrons. The van der Waals surface area contributed by atoms with Gasteiger partial charge in [0.2, 0.25) is 5.91 Å². The second kappa shape index (κ2) is 7.01. The van der Waals surface area contributed by atoms with Crippen molar-refractivity contribution in [2.24, 2.45) is 0 Å². The minimum absolute atomic E-state index is 0.0391. The van der Waals surface area contributed by atoms with Crippen LogP contribution in [0.2, 0.25) is 0 Å². The lowest BCUT2D eigenvalue weighted by Crippen LogP contribution is -2.32. The summed E-state index contributed by atoms with van der Waals surface area (Å²) in [6.07, 6.45) is 2.23. The van der Waals surface area contributed by atoms with E-state index in [1.807, 2.05) is 25.1 Å². The zero-order valence-corrected chi connectivity index (χ0v) is 10.7. The monoisotopic (exact) mass is 235 g/mol. The van der Waals surface area contributed by atoms with Crippen LogP contribution >= 0.6 is 0 Å². The van der Waals surface area contributed by atoms with Gasteiger partial charge in [0.05, 0.1) is 11.7 Å². The van der Waals surface area contributed by atoms with Crippen LogP contribution < -0.4 is 10.6 Å². The molecule has 0 unspecified atom stereocenters. The van der Waals surface area contributed by atoms with Gasteiger partial charge in [0, 0.05) is 25.2 Å². The fraction of sp³-hybridized carbons (Fsp3) is 0.538. The number of hydrogen-bond acceptors (Lipinski definition) is 3. The van der Waals surface area contributed by atoms with Crippen molar-refractivity contribution in [1.29, 1.82) is 0 Å². The Hall–Kier alpha value is -1.42. The lowest BCUT2D eigenvalue weighted by atomic mass is 10.2. The standard InChI is InChI=1S/C13H21N3O/c1-10(2)14-9-7-13(17)16-11(3)12-6-4-5-8-15-12/h4-6,8,10-11,14H,7,9H2,1-3H3,(H,16,17)/t11-/m1/s1. The predicted molar refractivity (Wildman–Crippen MR) is 68.6 cm³/mol. The van der Waals surface area contributed by atoms with Crippen LogP contribution in [0, 0.1) is 0 Å². The first-order valence-electron chi connectivity index (χ1n) is 6.03. The first-order chi connectivity index (χ1) is 8.09. The SMILES string of the molecule is CC(C)NCCC(=O)N[C@H](C)c1ccccn1. The maximum Gasteiger partial charge on any atom is 0.221 e. The number of aromatic nitrogens is 1. The van der Waals surface area contributed by atoms with Crippen molar-refractivity contribution < 1.29 is 4.79 Å². The molecule has 0 aliphatic carbocycles. The average molecular weight is 235 g/mol. The van der Waals surface area contributed by atoms with Crippen molar-refractivity contribution in [3.8, 4) is 0 Å². The molecule has 0 bridgehead atoms. The molecule has 0 radical (unpaired) electrons. The molecule has 1 aromatic heterocycles. The smallest absolute Gasteiger partial charge is 0.221 e. The Kier molecular flexibility index (Phi) is 5.63. The normalized spacial score (nSPS) is 12.5. The Morgan fingerprint density at radius 1 is 1.35 bits per heavy atom. The molecule has 0 fully saturated rings. The number of pyridine rings is 1. The molecule has 0 saturated heterocycles. The van der Waals surface area contributed by atoms with Gasteiger partial charge in [0.1, 0.15) is 0 Å². The third-order valence-corrected chi connectivity index (χ3v) is 2.41. The van der Waals surface area contributed by atoms with Gasteiger partial charge < -0.3 is 10.6 Å². The summed E-state index contributed by atoms with van der Waals surface area (Å²) in [5, 5.41) is 6.14. The van der Waals surface area contributed by atoms with Gasteiger partial charge in [-0.1, -0.05) is 19.9 Å². The average Bonchev–Trinajstić information content (AvgIpc) is 2.29. The van der Waals surface area contributed by atoms with E-state index in [0.717, 1.165) is 5.69 Å². The first-order valence-corrected chi connectivity index (χ1v) is 6.03. The van der Waals surface area contributed by atoms with E-state index in [4.69, 9.17) is 0 Å². The lowest BCUT2D eigenvalue weighted by Gasteiger charge is -2.14. The second-order valence-corrected chi connectivity index (χ2v) is 4.40. The third-order valence-electron chi connectivity index (χ3n) is 2.41. The van der Waals surface area contributed by atoms with Crippen molar-refractivity contribution in [3.63, 3.8) is 0 Å². The van der Waals surface area contributed by atoms with Gasteiger partial charge in [-0.2, -0.15) is 0 Å². The van der Waals surface area contributed by atoms with Crippen molar-refractivity contribution >= 4 is 5.91 Å². The maximum absolute atomic E-state index is 11.6. The molecule has 1 amide bonds. The van der Waals surface area contributed by atoms with Gasteiger partial charge in [0.15, 0.2) is 0 Å². The van der Waals surface area contributed by atoms with Crippen LogP contribution in [0.4, 0.5) is 0 Å². The van der Waals surface area contributed by atoms with Crippen molar-refractivity contribution in [2.45, 2.75) is 39.3 Å². The molecule has 0 aliphatic rings. The number of carbonyl (C=O) groups excluding carboxylic acids is 1. The van der Waals surface area contributed by atoms with Crippen molar-refractivity contribution in [2.75, 3.05) is 6.54 Å². The number of nitrogens with zero attached hydrogens (tertiary/aromatic N) is 1. The highest BCUT2D eigenvalue weighted by Crippen LogP contribution is 2.07. The van der Waals surface area contributed by atoms with E-state index in [9.17, 15) is 4.79 Å². The number of carbonyl (C=O) groups is 1. The number of rotatable bonds is 6. The predicted octanol–water partition coefficient (Wildman–Crippen LogP) is 1.65. The Morgan fingerprint density at radius 3 is 2.71 bits per heavy atom. The minimum atomic E-state index is -0.0391. The summed E-state index contributed by atoms with van der Waals surface area (Å²) in [5.41, 5.74) is 0.887. The molecule has 1 heterocycles. The Labute approximate surface area is 103 Å². The van der Waals surface area contributed by atoms with E-state index >= 15 is 0 Å². The van der Waals surface area contributed by atoms with E-state index in [0.29, 0.717) is 19.0 Å². The molecule has 0 aliphatic heterocycles. The third kappa shape index (κ3) is 5.45. The van der Waals surface area contributed by atoms with Gasteiger partial charge in [-0.15, -0.1) is 0 Å². The molecular formula is C13H21N3O. The van der Waals surface area contributed by atoms with Gasteiger partial charge in [-0.05, 0) is 19.1 Å². The summed E-state index contributed by atoms with van der Waals surface area (Å²) in [7, 11) is 0. The Bertz CT molecular complexity index is 338. The fourth-order valence-corrected chi connectivity index (χ4v) is 1.49. The van der Waals surface area contributed by atoms with Gasteiger partial charge in [-0.3, -0.25) is 9.78 Å². The molecule has 4 nitrogen and oxygen atoms in total. The van der Waals surface area contributed by atoms with E-state index < -0.39 is 0 Å². The second-order valence-electron chi connectivity index (χ2n) is 4.40. The first kappa shape index (κ1) is 13.6. The summed E-state index contributed by atoms with van der Waals surface area (Å²) < 4.78 is 0. The topological polar surface area (TPSA) is 54.0 Å². The van der Waals surface area contributed by atoms with Crippen LogP contribution in [0.15, 0.2) is 24.4 Å². The summed E-state index contributed by atoms with van der Waals surface area (Å²) in [4.78, 5) is 15.8. The van der Waals surface area contributed by atoms with E-state index in [2.05, 4.69) is 29.5 Å². The summed E-state index contributed by atoms with van der Waals surface area (Å²) in [5.74, 6) is 0.0521. The van der Waals surface area contributed by atoms with Crippen LogP contribution in [0.3, 0.4) is 0 Å². The number of amides is 1. The molecule has 0 saturated carbocycles. The quantitative estimate of drug-likeness (QED) is 0.788. The molecule has 1 aromatic rings. The highest BCUT2D eigenvalue weighted by atomic mass is 16.1. The Balaban J connectivity index is 2.31. The molecule has 2 N–H and O–H groups in total. The van der Waals surface area contributed by atoms with E-state index in [-0.39, 0.29) is 11.9 Å². The molecule has 1 rings (SSSR count). The van der Waals surface area contributed by atoms with E-state index in [1.54, 1.807) is 6.20 Å². The van der Waals surface area contributed by atoms with Crippen molar-refractivity contribution in [1.82, 2.24) is 15.6 Å². The summed E-state index contributed by atoms with van der Waals surface area (Å²) in [6, 6.07) is 6.08. The lowest BCUT2D eigenvalue weighted by molar-refractivity contribution is -0.121. The molecule has 0 aromatic carbocycles. The van der Waals surface area contributed by atoms with Crippen LogP contribution in [0.1, 0.15) is 38.9 Å². The van der Waals surface area contributed by atoms with Crippen LogP contribution in [0.5, 0.6) is 0 Å².